The molecule has 4 heteroatoms. The van der Waals surface area contributed by atoms with Gasteiger partial charge in [0.15, 0.2) is 0 Å². The van der Waals surface area contributed by atoms with Crippen LogP contribution in [-0.4, -0.2) is 44.9 Å². The molecule has 0 saturated heterocycles. The fourth-order valence-corrected chi connectivity index (χ4v) is 1.53. The van der Waals surface area contributed by atoms with E-state index in [4.69, 9.17) is 10.6 Å². The Kier molecular flexibility index (Phi) is 11.8. The van der Waals surface area contributed by atoms with Gasteiger partial charge in [-0.2, -0.15) is 0 Å². The molecule has 0 atom stereocenters. The molecule has 2 N–H and O–H groups in total. The molecule has 0 spiro atoms. The zero-order chi connectivity index (χ0) is 11.4. The lowest BCUT2D eigenvalue weighted by Gasteiger charge is -2.19. The van der Waals surface area contributed by atoms with Gasteiger partial charge in [-0.25, -0.2) is 5.90 Å². The molecule has 0 heterocycles. The van der Waals surface area contributed by atoms with Crippen LogP contribution in [0, 0.1) is 0 Å². The number of nitrogens with zero attached hydrogens (tertiary/aromatic N) is 1. The van der Waals surface area contributed by atoms with Gasteiger partial charge in [0.2, 0.25) is 0 Å². The van der Waals surface area contributed by atoms with Crippen LogP contribution in [0.2, 0.25) is 0 Å². The van der Waals surface area contributed by atoms with Gasteiger partial charge in [0, 0.05) is 13.7 Å². The van der Waals surface area contributed by atoms with Crippen LogP contribution >= 0.6 is 0 Å². The predicted octanol–water partition coefficient (Wildman–Crippen LogP) is 1.41. The maximum absolute atomic E-state index is 5.02. The Morgan fingerprint density at radius 3 is 2.07 bits per heavy atom. The minimum absolute atomic E-state index is 0.668. The number of rotatable bonds is 11. The second-order valence-electron chi connectivity index (χ2n) is 3.71. The average Bonchev–Trinajstić information content (AvgIpc) is 2.27. The fourth-order valence-electron chi connectivity index (χ4n) is 1.53. The molecular formula is C11H26N2O2. The average molecular weight is 218 g/mol. The minimum Gasteiger partial charge on any atom is -0.385 e. The monoisotopic (exact) mass is 218 g/mol. The quantitative estimate of drug-likeness (QED) is 0.421. The third kappa shape index (κ3) is 10.1. The molecule has 0 aromatic carbocycles. The first-order valence-electron chi connectivity index (χ1n) is 5.88. The van der Waals surface area contributed by atoms with E-state index in [2.05, 4.69) is 16.7 Å². The maximum atomic E-state index is 5.02. The molecule has 0 amide bonds. The van der Waals surface area contributed by atoms with E-state index in [-0.39, 0.29) is 0 Å². The predicted molar refractivity (Wildman–Crippen MR) is 62.6 cm³/mol. The lowest BCUT2D eigenvalue weighted by molar-refractivity contribution is 0.130. The van der Waals surface area contributed by atoms with Crippen molar-refractivity contribution >= 4 is 0 Å². The number of nitrogens with two attached hydrogens (primary N) is 1. The highest BCUT2D eigenvalue weighted by molar-refractivity contribution is 4.56. The Morgan fingerprint density at radius 2 is 1.60 bits per heavy atom. The summed E-state index contributed by atoms with van der Waals surface area (Å²) in [6.45, 7) is 7.18. The van der Waals surface area contributed by atoms with Crippen LogP contribution in [0.1, 0.15) is 32.6 Å². The van der Waals surface area contributed by atoms with Crippen molar-refractivity contribution in [2.45, 2.75) is 32.6 Å². The number of hydrogen-bond acceptors (Lipinski definition) is 4. The van der Waals surface area contributed by atoms with E-state index in [1.54, 1.807) is 7.11 Å². The lowest BCUT2D eigenvalue weighted by Crippen LogP contribution is -2.26. The van der Waals surface area contributed by atoms with Crippen LogP contribution in [0.5, 0.6) is 0 Å². The van der Waals surface area contributed by atoms with Crippen LogP contribution < -0.4 is 5.90 Å². The van der Waals surface area contributed by atoms with E-state index in [1.165, 1.54) is 13.0 Å². The summed E-state index contributed by atoms with van der Waals surface area (Å²) in [5.74, 6) is 4.96. The van der Waals surface area contributed by atoms with Gasteiger partial charge in [-0.1, -0.05) is 6.92 Å². The molecule has 0 aromatic heterocycles. The van der Waals surface area contributed by atoms with Crippen molar-refractivity contribution in [3.8, 4) is 0 Å². The topological polar surface area (TPSA) is 47.7 Å². The maximum Gasteiger partial charge on any atom is 0.0679 e. The van der Waals surface area contributed by atoms with Crippen molar-refractivity contribution in [2.75, 3.05) is 40.0 Å². The summed E-state index contributed by atoms with van der Waals surface area (Å²) in [5, 5.41) is 0. The van der Waals surface area contributed by atoms with E-state index < -0.39 is 0 Å². The van der Waals surface area contributed by atoms with Gasteiger partial charge in [-0.3, -0.25) is 0 Å². The molecule has 0 fully saturated rings. The molecule has 0 aliphatic heterocycles. The standard InChI is InChI=1S/C11H26N2O2/c1-3-13(8-4-6-10-14-2)9-5-7-11-15-12/h3-12H2,1-2H3. The molecule has 0 aliphatic rings. The van der Waals surface area contributed by atoms with Crippen molar-refractivity contribution in [1.82, 2.24) is 4.90 Å². The second-order valence-corrected chi connectivity index (χ2v) is 3.71. The van der Waals surface area contributed by atoms with E-state index in [0.717, 1.165) is 39.0 Å². The fraction of sp³-hybridized carbons (Fsp3) is 1.00. The highest BCUT2D eigenvalue weighted by atomic mass is 16.6. The van der Waals surface area contributed by atoms with E-state index in [0.29, 0.717) is 6.61 Å². The van der Waals surface area contributed by atoms with E-state index >= 15 is 0 Å². The van der Waals surface area contributed by atoms with Crippen LogP contribution in [0.3, 0.4) is 0 Å². The molecule has 0 unspecified atom stereocenters. The van der Waals surface area contributed by atoms with Crippen molar-refractivity contribution in [2.24, 2.45) is 5.90 Å². The molecule has 4 nitrogen and oxygen atoms in total. The third-order valence-corrected chi connectivity index (χ3v) is 2.51. The molecule has 0 saturated carbocycles. The summed E-state index contributed by atoms with van der Waals surface area (Å²) in [6.07, 6.45) is 4.58. The largest absolute Gasteiger partial charge is 0.385 e. The first kappa shape index (κ1) is 14.8. The van der Waals surface area contributed by atoms with Gasteiger partial charge in [0.05, 0.1) is 6.61 Å². The normalized spacial score (nSPS) is 11.2. The summed E-state index contributed by atoms with van der Waals surface area (Å²) in [5.41, 5.74) is 0. The Labute approximate surface area is 93.7 Å². The zero-order valence-corrected chi connectivity index (χ0v) is 10.2. The summed E-state index contributed by atoms with van der Waals surface area (Å²) in [6, 6.07) is 0. The summed E-state index contributed by atoms with van der Waals surface area (Å²) < 4.78 is 5.02. The summed E-state index contributed by atoms with van der Waals surface area (Å²) >= 11 is 0. The van der Waals surface area contributed by atoms with Crippen molar-refractivity contribution < 1.29 is 9.57 Å². The third-order valence-electron chi connectivity index (χ3n) is 2.51. The van der Waals surface area contributed by atoms with Gasteiger partial charge >= 0.3 is 0 Å². The Morgan fingerprint density at radius 1 is 1.00 bits per heavy atom. The molecule has 0 bridgehead atoms. The van der Waals surface area contributed by atoms with Crippen LogP contribution in [0.15, 0.2) is 0 Å². The molecule has 15 heavy (non-hydrogen) atoms. The van der Waals surface area contributed by atoms with Gasteiger partial charge < -0.3 is 14.5 Å². The molecule has 0 radical (unpaired) electrons. The highest BCUT2D eigenvalue weighted by Crippen LogP contribution is 1.99. The summed E-state index contributed by atoms with van der Waals surface area (Å²) in [7, 11) is 1.75. The molecule has 0 aliphatic carbocycles. The van der Waals surface area contributed by atoms with Crippen LogP contribution in [0.4, 0.5) is 0 Å². The van der Waals surface area contributed by atoms with Crippen molar-refractivity contribution in [1.29, 1.82) is 0 Å². The summed E-state index contributed by atoms with van der Waals surface area (Å²) in [4.78, 5) is 7.00. The Balaban J connectivity index is 3.29. The number of hydrogen-bond donors (Lipinski definition) is 1. The van der Waals surface area contributed by atoms with Crippen molar-refractivity contribution in [3.05, 3.63) is 0 Å². The number of ether oxygens (including phenoxy) is 1. The van der Waals surface area contributed by atoms with Crippen LogP contribution in [0.25, 0.3) is 0 Å². The molecule has 0 rings (SSSR count). The minimum atomic E-state index is 0.668. The Hall–Kier alpha value is -0.160. The molecule has 92 valence electrons. The molecular weight excluding hydrogens is 192 g/mol. The lowest BCUT2D eigenvalue weighted by atomic mass is 10.2. The van der Waals surface area contributed by atoms with Gasteiger partial charge in [-0.05, 0) is 45.3 Å². The van der Waals surface area contributed by atoms with Gasteiger partial charge in [-0.15, -0.1) is 0 Å². The zero-order valence-electron chi connectivity index (χ0n) is 10.2. The van der Waals surface area contributed by atoms with Crippen LogP contribution in [-0.2, 0) is 9.57 Å². The van der Waals surface area contributed by atoms with E-state index in [9.17, 15) is 0 Å². The SMILES string of the molecule is CCN(CCCCOC)CCCCON. The van der Waals surface area contributed by atoms with Gasteiger partial charge in [0.1, 0.15) is 0 Å². The highest BCUT2D eigenvalue weighted by Gasteiger charge is 2.01. The van der Waals surface area contributed by atoms with E-state index in [1.807, 2.05) is 0 Å². The molecule has 0 aromatic rings. The number of methoxy groups -OCH3 is 1. The van der Waals surface area contributed by atoms with Crippen molar-refractivity contribution in [3.63, 3.8) is 0 Å². The Bertz CT molecular complexity index is 111. The van der Waals surface area contributed by atoms with Gasteiger partial charge in [0.25, 0.3) is 0 Å². The first-order valence-corrected chi connectivity index (χ1v) is 5.88. The first-order chi connectivity index (χ1) is 7.35. The number of unbranched alkanes of at least 4 members (excludes halogenated alkanes) is 2. The second kappa shape index (κ2) is 11.9. The smallest absolute Gasteiger partial charge is 0.0679 e.